The Morgan fingerprint density at radius 3 is 2.45 bits per heavy atom. The molecule has 0 bridgehead atoms. The number of carbonyl (C=O) groups is 3. The molecule has 2 aromatic carbocycles. The predicted octanol–water partition coefficient (Wildman–Crippen LogP) is 5.07. The quantitative estimate of drug-likeness (QED) is 0.386. The van der Waals surface area contributed by atoms with E-state index in [9.17, 15) is 14.4 Å². The number of rotatable bonds is 4. The topological polar surface area (TPSA) is 63.7 Å². The zero-order valence-corrected chi connectivity index (χ0v) is 17.5. The first-order valence-corrected chi connectivity index (χ1v) is 9.42. The van der Waals surface area contributed by atoms with E-state index in [1.54, 1.807) is 49.4 Å². The fourth-order valence-corrected chi connectivity index (χ4v) is 3.50. The van der Waals surface area contributed by atoms with Gasteiger partial charge < -0.3 is 4.74 Å². The van der Waals surface area contributed by atoms with Crippen molar-refractivity contribution in [3.63, 3.8) is 0 Å². The van der Waals surface area contributed by atoms with Crippen molar-refractivity contribution in [2.75, 3.05) is 12.0 Å². The van der Waals surface area contributed by atoms with Crippen molar-refractivity contribution in [2.45, 2.75) is 13.8 Å². The molecule has 7 heteroatoms. The van der Waals surface area contributed by atoms with E-state index in [0.29, 0.717) is 27.5 Å². The number of nitrogens with zero attached hydrogens (tertiary/aromatic N) is 1. The van der Waals surface area contributed by atoms with E-state index in [0.717, 1.165) is 0 Å². The fraction of sp³-hybridized carbons (Fsp3) is 0.136. The molecule has 0 N–H and O–H groups in total. The van der Waals surface area contributed by atoms with E-state index in [-0.39, 0.29) is 22.0 Å². The Balaban J connectivity index is 2.19. The molecule has 0 atom stereocenters. The summed E-state index contributed by atoms with van der Waals surface area (Å²) < 4.78 is 4.89. The third-order valence-corrected chi connectivity index (χ3v) is 5.42. The van der Waals surface area contributed by atoms with Gasteiger partial charge in [-0.1, -0.05) is 47.5 Å². The van der Waals surface area contributed by atoms with Gasteiger partial charge in [-0.25, -0.2) is 4.79 Å². The van der Waals surface area contributed by atoms with Crippen LogP contribution in [-0.4, -0.2) is 24.8 Å². The molecule has 0 aromatic heterocycles. The Kier molecular flexibility index (Phi) is 5.91. The molecule has 148 valence electrons. The highest BCUT2D eigenvalue weighted by molar-refractivity contribution is 6.43. The minimum absolute atomic E-state index is 0.127. The number of hydrogen-bond donors (Lipinski definition) is 0. The van der Waals surface area contributed by atoms with Gasteiger partial charge in [-0.15, -0.1) is 0 Å². The van der Waals surface area contributed by atoms with Crippen LogP contribution in [0, 0.1) is 0 Å². The first-order valence-electron chi connectivity index (χ1n) is 8.67. The molecule has 3 rings (SSSR count). The highest BCUT2D eigenvalue weighted by Gasteiger charge is 2.38. The first kappa shape index (κ1) is 20.8. The van der Waals surface area contributed by atoms with Crippen LogP contribution in [-0.2, 0) is 14.3 Å². The van der Waals surface area contributed by atoms with Crippen molar-refractivity contribution in [1.82, 2.24) is 0 Å². The van der Waals surface area contributed by atoms with Crippen LogP contribution >= 0.6 is 23.2 Å². The average Bonchev–Trinajstić information content (AvgIpc) is 2.94. The van der Waals surface area contributed by atoms with Gasteiger partial charge in [0.15, 0.2) is 5.78 Å². The first-order chi connectivity index (χ1) is 13.8. The van der Waals surface area contributed by atoms with Crippen molar-refractivity contribution in [2.24, 2.45) is 0 Å². The smallest absolute Gasteiger partial charge is 0.340 e. The Hall–Kier alpha value is -2.89. The number of esters is 1. The number of allylic oxidation sites excluding steroid dienone is 1. The summed E-state index contributed by atoms with van der Waals surface area (Å²) in [5.74, 6) is -1.21. The molecular weight excluding hydrogens is 413 g/mol. The van der Waals surface area contributed by atoms with Crippen LogP contribution in [0.3, 0.4) is 0 Å². The van der Waals surface area contributed by atoms with Gasteiger partial charge >= 0.3 is 5.97 Å². The van der Waals surface area contributed by atoms with Crippen molar-refractivity contribution < 1.29 is 19.1 Å². The van der Waals surface area contributed by atoms with E-state index in [2.05, 4.69) is 0 Å². The molecule has 0 saturated carbocycles. The van der Waals surface area contributed by atoms with Gasteiger partial charge in [0.25, 0.3) is 5.91 Å². The van der Waals surface area contributed by atoms with E-state index >= 15 is 0 Å². The van der Waals surface area contributed by atoms with Crippen molar-refractivity contribution in [3.05, 3.63) is 80.5 Å². The average molecular weight is 430 g/mol. The summed E-state index contributed by atoms with van der Waals surface area (Å²) in [5.41, 5.74) is 2.08. The monoisotopic (exact) mass is 429 g/mol. The van der Waals surface area contributed by atoms with E-state index in [1.807, 2.05) is 0 Å². The number of Topliss-reactive ketones (excluding diaryl/α,β-unsaturated/α-hetero) is 1. The maximum absolute atomic E-state index is 13.3. The lowest BCUT2D eigenvalue weighted by molar-refractivity contribution is -0.136. The standard InChI is InChI=1S/C22H17Cl2NO4/c1-12-19(22(28)29-3)17(11-15-7-5-9-18(23)20(15)24)21(27)25(12)16-8-4-6-14(10-16)13(2)26/h4-11H,1-3H3/b17-11-. The van der Waals surface area contributed by atoms with Crippen LogP contribution < -0.4 is 4.90 Å². The number of hydrogen-bond acceptors (Lipinski definition) is 4. The van der Waals surface area contributed by atoms with Crippen LogP contribution in [0.5, 0.6) is 0 Å². The summed E-state index contributed by atoms with van der Waals surface area (Å²) in [6, 6.07) is 11.7. The number of anilines is 1. The molecule has 0 fully saturated rings. The second-order valence-corrected chi connectivity index (χ2v) is 7.19. The number of benzene rings is 2. The van der Waals surface area contributed by atoms with E-state index in [4.69, 9.17) is 27.9 Å². The van der Waals surface area contributed by atoms with E-state index < -0.39 is 11.9 Å². The second-order valence-electron chi connectivity index (χ2n) is 6.40. The summed E-state index contributed by atoms with van der Waals surface area (Å²) in [6.45, 7) is 3.09. The van der Waals surface area contributed by atoms with Crippen molar-refractivity contribution >= 4 is 52.6 Å². The minimum Gasteiger partial charge on any atom is -0.465 e. The van der Waals surface area contributed by atoms with E-state index in [1.165, 1.54) is 25.0 Å². The number of ether oxygens (including phenoxy) is 1. The Labute approximate surface area is 178 Å². The van der Waals surface area contributed by atoms with Gasteiger partial charge in [0.05, 0.1) is 28.3 Å². The molecule has 0 aliphatic carbocycles. The summed E-state index contributed by atoms with van der Waals surface area (Å²) >= 11 is 12.3. The Morgan fingerprint density at radius 1 is 1.10 bits per heavy atom. The predicted molar refractivity (Wildman–Crippen MR) is 113 cm³/mol. The zero-order chi connectivity index (χ0) is 21.3. The lowest BCUT2D eigenvalue weighted by atomic mass is 10.0. The molecule has 29 heavy (non-hydrogen) atoms. The number of amides is 1. The van der Waals surface area contributed by atoms with Gasteiger partial charge in [-0.2, -0.15) is 0 Å². The Bertz CT molecular complexity index is 1100. The second kappa shape index (κ2) is 8.23. The van der Waals surface area contributed by atoms with Gasteiger partial charge in [0.2, 0.25) is 0 Å². The summed E-state index contributed by atoms with van der Waals surface area (Å²) in [6.07, 6.45) is 1.52. The van der Waals surface area contributed by atoms with Crippen LogP contribution in [0.25, 0.3) is 6.08 Å². The SMILES string of the molecule is COC(=O)C1=C(C)N(c2cccc(C(C)=O)c2)C(=O)/C1=C\c1cccc(Cl)c1Cl. The fourth-order valence-electron chi connectivity index (χ4n) is 3.14. The maximum Gasteiger partial charge on any atom is 0.340 e. The molecule has 1 aliphatic heterocycles. The molecule has 0 unspecified atom stereocenters. The molecule has 2 aromatic rings. The molecule has 1 heterocycles. The molecule has 0 spiro atoms. The number of ketones is 1. The molecule has 1 amide bonds. The highest BCUT2D eigenvalue weighted by atomic mass is 35.5. The van der Waals surface area contributed by atoms with Crippen LogP contribution in [0.4, 0.5) is 5.69 Å². The lowest BCUT2D eigenvalue weighted by Crippen LogP contribution is -2.24. The Morgan fingerprint density at radius 2 is 1.79 bits per heavy atom. The summed E-state index contributed by atoms with van der Waals surface area (Å²) in [7, 11) is 1.25. The van der Waals surface area contributed by atoms with Gasteiger partial charge in [-0.3, -0.25) is 14.5 Å². The number of methoxy groups -OCH3 is 1. The molecule has 5 nitrogen and oxygen atoms in total. The van der Waals surface area contributed by atoms with Crippen molar-refractivity contribution in [1.29, 1.82) is 0 Å². The third kappa shape index (κ3) is 3.84. The summed E-state index contributed by atoms with van der Waals surface area (Å²) in [4.78, 5) is 38.9. The highest BCUT2D eigenvalue weighted by Crippen LogP contribution is 2.37. The molecular formula is C22H17Cl2NO4. The van der Waals surface area contributed by atoms with Gasteiger partial charge in [0, 0.05) is 16.9 Å². The number of halogens is 2. The number of carbonyl (C=O) groups excluding carboxylic acids is 3. The van der Waals surface area contributed by atoms with Crippen molar-refractivity contribution in [3.8, 4) is 0 Å². The van der Waals surface area contributed by atoms with Crippen LogP contribution in [0.2, 0.25) is 10.0 Å². The van der Waals surface area contributed by atoms with Gasteiger partial charge in [0.1, 0.15) is 0 Å². The zero-order valence-electron chi connectivity index (χ0n) is 16.0. The van der Waals surface area contributed by atoms with Gasteiger partial charge in [-0.05, 0) is 43.7 Å². The molecule has 0 radical (unpaired) electrons. The lowest BCUT2D eigenvalue weighted by Gasteiger charge is -2.18. The molecule has 1 aliphatic rings. The third-order valence-electron chi connectivity index (χ3n) is 4.58. The molecule has 0 saturated heterocycles. The minimum atomic E-state index is -0.648. The normalized spacial score (nSPS) is 15.3. The maximum atomic E-state index is 13.3. The van der Waals surface area contributed by atoms with Crippen LogP contribution in [0.15, 0.2) is 59.3 Å². The summed E-state index contributed by atoms with van der Waals surface area (Å²) in [5, 5.41) is 0.603. The largest absolute Gasteiger partial charge is 0.465 e. The van der Waals surface area contributed by atoms with Crippen LogP contribution in [0.1, 0.15) is 29.8 Å².